The number of aromatic nitrogens is 2. The van der Waals surface area contributed by atoms with Crippen molar-refractivity contribution >= 4 is 55.6 Å². The molecule has 7 heteroatoms. The predicted octanol–water partition coefficient (Wildman–Crippen LogP) is 6.52. The quantitative estimate of drug-likeness (QED) is 0.190. The molecule has 4 aromatic rings. The second-order valence-electron chi connectivity index (χ2n) is 8.67. The number of hydrogen-bond acceptors (Lipinski definition) is 4. The molecule has 4 rings (SSSR count). The van der Waals surface area contributed by atoms with Crippen molar-refractivity contribution in [2.45, 2.75) is 32.8 Å². The van der Waals surface area contributed by atoms with Crippen LogP contribution < -0.4 is 10.3 Å². The van der Waals surface area contributed by atoms with Crippen LogP contribution in [0.1, 0.15) is 37.7 Å². The standard InChI is InChI=1S/C26H23BrIN3O2/c1-26(2,3)25-30-22-11-10-19(27)14-20(22)24(32)31(25)29-15-18-9-12-23(21(28)13-18)33-16-17-7-5-4-6-8-17/h4-15H,16H2,1-3H3. The first-order valence-electron chi connectivity index (χ1n) is 10.5. The van der Waals surface area contributed by atoms with E-state index in [0.717, 1.165) is 24.9 Å². The maximum absolute atomic E-state index is 13.3. The van der Waals surface area contributed by atoms with Gasteiger partial charge in [-0.15, -0.1) is 0 Å². The van der Waals surface area contributed by atoms with Crippen molar-refractivity contribution in [3.8, 4) is 5.75 Å². The summed E-state index contributed by atoms with van der Waals surface area (Å²) in [6.45, 7) is 6.57. The van der Waals surface area contributed by atoms with Gasteiger partial charge in [0.2, 0.25) is 0 Å². The first-order chi connectivity index (χ1) is 15.7. The Morgan fingerprint density at radius 2 is 1.85 bits per heavy atom. The monoisotopic (exact) mass is 615 g/mol. The molecule has 0 unspecified atom stereocenters. The molecule has 168 valence electrons. The van der Waals surface area contributed by atoms with Crippen LogP contribution in [0.15, 0.2) is 81.1 Å². The van der Waals surface area contributed by atoms with E-state index in [1.807, 2.05) is 81.4 Å². The average Bonchev–Trinajstić information content (AvgIpc) is 2.78. The fourth-order valence-corrected chi connectivity index (χ4v) is 4.37. The molecule has 1 heterocycles. The second kappa shape index (κ2) is 9.77. The zero-order valence-electron chi connectivity index (χ0n) is 18.5. The summed E-state index contributed by atoms with van der Waals surface area (Å²) < 4.78 is 9.16. The van der Waals surface area contributed by atoms with Gasteiger partial charge in [-0.3, -0.25) is 4.79 Å². The summed E-state index contributed by atoms with van der Waals surface area (Å²) >= 11 is 5.69. The molecule has 3 aromatic carbocycles. The average molecular weight is 616 g/mol. The van der Waals surface area contributed by atoms with Gasteiger partial charge in [-0.2, -0.15) is 9.78 Å². The van der Waals surface area contributed by atoms with Gasteiger partial charge in [0.05, 0.1) is 20.7 Å². The Morgan fingerprint density at radius 1 is 1.09 bits per heavy atom. The van der Waals surface area contributed by atoms with Crippen molar-refractivity contribution < 1.29 is 4.74 Å². The van der Waals surface area contributed by atoms with Crippen LogP contribution in [0.25, 0.3) is 10.9 Å². The van der Waals surface area contributed by atoms with E-state index in [-0.39, 0.29) is 11.0 Å². The van der Waals surface area contributed by atoms with Gasteiger partial charge in [-0.1, -0.05) is 67.0 Å². The lowest BCUT2D eigenvalue weighted by molar-refractivity contribution is 0.304. The molecule has 0 aliphatic rings. The molecule has 0 atom stereocenters. The maximum atomic E-state index is 13.3. The summed E-state index contributed by atoms with van der Waals surface area (Å²) in [5.41, 5.74) is 2.09. The van der Waals surface area contributed by atoms with Crippen LogP contribution in [-0.4, -0.2) is 15.9 Å². The van der Waals surface area contributed by atoms with Crippen molar-refractivity contribution in [1.29, 1.82) is 0 Å². The minimum absolute atomic E-state index is 0.194. The van der Waals surface area contributed by atoms with Gasteiger partial charge in [0.25, 0.3) is 5.56 Å². The van der Waals surface area contributed by atoms with Crippen molar-refractivity contribution in [3.63, 3.8) is 0 Å². The van der Waals surface area contributed by atoms with Crippen molar-refractivity contribution in [2.75, 3.05) is 0 Å². The maximum Gasteiger partial charge on any atom is 0.282 e. The summed E-state index contributed by atoms with van der Waals surface area (Å²) in [5.74, 6) is 1.41. The number of benzene rings is 3. The third-order valence-electron chi connectivity index (χ3n) is 4.99. The Hall–Kier alpha value is -2.52. The SMILES string of the molecule is CC(C)(C)c1nc2ccc(Br)cc2c(=O)n1N=Cc1ccc(OCc2ccccc2)c(I)c1. The second-order valence-corrected chi connectivity index (χ2v) is 10.8. The van der Waals surface area contributed by atoms with E-state index in [4.69, 9.17) is 9.72 Å². The van der Waals surface area contributed by atoms with E-state index < -0.39 is 0 Å². The summed E-state index contributed by atoms with van der Waals surface area (Å²) in [4.78, 5) is 18.0. The van der Waals surface area contributed by atoms with Gasteiger partial charge in [-0.05, 0) is 70.1 Å². The van der Waals surface area contributed by atoms with Crippen LogP contribution in [0.3, 0.4) is 0 Å². The highest BCUT2D eigenvalue weighted by atomic mass is 127. The topological polar surface area (TPSA) is 56.5 Å². The van der Waals surface area contributed by atoms with Crippen LogP contribution in [0.5, 0.6) is 5.75 Å². The lowest BCUT2D eigenvalue weighted by Crippen LogP contribution is -2.29. The normalized spacial score (nSPS) is 11.9. The van der Waals surface area contributed by atoms with Gasteiger partial charge >= 0.3 is 0 Å². The van der Waals surface area contributed by atoms with Gasteiger partial charge in [0, 0.05) is 9.89 Å². The van der Waals surface area contributed by atoms with Gasteiger partial charge in [0.1, 0.15) is 18.2 Å². The first-order valence-corrected chi connectivity index (χ1v) is 12.3. The first kappa shape index (κ1) is 23.6. The van der Waals surface area contributed by atoms with Crippen molar-refractivity contribution in [3.05, 3.63) is 102 Å². The number of rotatable bonds is 5. The van der Waals surface area contributed by atoms with E-state index in [0.29, 0.717) is 23.3 Å². The fraction of sp³-hybridized carbons (Fsp3) is 0.192. The molecule has 0 spiro atoms. The molecule has 0 saturated carbocycles. The Bertz CT molecular complexity index is 1390. The molecule has 0 amide bonds. The minimum Gasteiger partial charge on any atom is -0.488 e. The Labute approximate surface area is 214 Å². The van der Waals surface area contributed by atoms with Crippen LogP contribution >= 0.6 is 38.5 Å². The van der Waals surface area contributed by atoms with E-state index in [2.05, 4.69) is 43.6 Å². The predicted molar refractivity (Wildman–Crippen MR) is 145 cm³/mol. The van der Waals surface area contributed by atoms with Gasteiger partial charge < -0.3 is 4.74 Å². The number of fused-ring (bicyclic) bond motifs is 1. The molecule has 1 aromatic heterocycles. The van der Waals surface area contributed by atoms with Crippen molar-refractivity contribution in [2.24, 2.45) is 5.10 Å². The molecule has 5 nitrogen and oxygen atoms in total. The lowest BCUT2D eigenvalue weighted by atomic mass is 9.95. The summed E-state index contributed by atoms with van der Waals surface area (Å²) in [6, 6.07) is 21.4. The number of hydrogen-bond donors (Lipinski definition) is 0. The Morgan fingerprint density at radius 3 is 2.55 bits per heavy atom. The summed E-state index contributed by atoms with van der Waals surface area (Å²) in [5, 5.41) is 5.07. The fourth-order valence-electron chi connectivity index (χ4n) is 3.32. The molecular formula is C26H23BrIN3O2. The van der Waals surface area contributed by atoms with Crippen molar-refractivity contribution in [1.82, 2.24) is 9.66 Å². The molecular weight excluding hydrogens is 593 g/mol. The number of nitrogens with zero attached hydrogens (tertiary/aromatic N) is 3. The highest BCUT2D eigenvalue weighted by Gasteiger charge is 2.22. The molecule has 0 N–H and O–H groups in total. The summed E-state index contributed by atoms with van der Waals surface area (Å²) in [7, 11) is 0. The van der Waals surface area contributed by atoms with E-state index in [1.165, 1.54) is 4.68 Å². The highest BCUT2D eigenvalue weighted by molar-refractivity contribution is 14.1. The zero-order chi connectivity index (χ0) is 23.6. The van der Waals surface area contributed by atoms with Gasteiger partial charge in [0.15, 0.2) is 0 Å². The third-order valence-corrected chi connectivity index (χ3v) is 6.33. The number of halogens is 2. The van der Waals surface area contributed by atoms with E-state index in [9.17, 15) is 4.79 Å². The van der Waals surface area contributed by atoms with E-state index in [1.54, 1.807) is 12.3 Å². The zero-order valence-corrected chi connectivity index (χ0v) is 22.3. The lowest BCUT2D eigenvalue weighted by Gasteiger charge is -2.20. The molecule has 0 aliphatic carbocycles. The molecule has 0 saturated heterocycles. The number of ether oxygens (including phenoxy) is 1. The van der Waals surface area contributed by atoms with Gasteiger partial charge in [-0.25, -0.2) is 4.98 Å². The van der Waals surface area contributed by atoms with Crippen LogP contribution in [-0.2, 0) is 12.0 Å². The smallest absolute Gasteiger partial charge is 0.282 e. The molecule has 0 aliphatic heterocycles. The largest absolute Gasteiger partial charge is 0.488 e. The Kier molecular flexibility index (Phi) is 6.99. The minimum atomic E-state index is -0.360. The van der Waals surface area contributed by atoms with Crippen LogP contribution in [0, 0.1) is 3.57 Å². The summed E-state index contributed by atoms with van der Waals surface area (Å²) in [6.07, 6.45) is 1.69. The van der Waals surface area contributed by atoms with E-state index >= 15 is 0 Å². The molecule has 0 radical (unpaired) electrons. The molecule has 0 fully saturated rings. The Balaban J connectivity index is 1.66. The third kappa shape index (κ3) is 5.52. The highest BCUT2D eigenvalue weighted by Crippen LogP contribution is 2.24. The molecule has 0 bridgehead atoms. The van der Waals surface area contributed by atoms with Crippen LogP contribution in [0.4, 0.5) is 0 Å². The van der Waals surface area contributed by atoms with Crippen LogP contribution in [0.2, 0.25) is 0 Å². The molecule has 33 heavy (non-hydrogen) atoms.